The molecule has 2 aliphatic rings. The SMILES string of the molecule is NNC(CC1CC2CCC1C2)c1ccc(Cl)cc1N. The van der Waals surface area contributed by atoms with E-state index < -0.39 is 0 Å². The highest BCUT2D eigenvalue weighted by atomic mass is 35.5. The lowest BCUT2D eigenvalue weighted by Gasteiger charge is -2.27. The molecule has 104 valence electrons. The Morgan fingerprint density at radius 1 is 1.32 bits per heavy atom. The van der Waals surface area contributed by atoms with Crippen molar-refractivity contribution in [2.45, 2.75) is 38.1 Å². The van der Waals surface area contributed by atoms with Gasteiger partial charge in [-0.05, 0) is 61.1 Å². The minimum absolute atomic E-state index is 0.140. The molecule has 2 saturated carbocycles. The zero-order chi connectivity index (χ0) is 13.4. The average molecular weight is 280 g/mol. The van der Waals surface area contributed by atoms with Crippen LogP contribution >= 0.6 is 11.6 Å². The second-order valence-electron chi connectivity index (χ2n) is 6.16. The van der Waals surface area contributed by atoms with Gasteiger partial charge in [-0.25, -0.2) is 0 Å². The van der Waals surface area contributed by atoms with Gasteiger partial charge in [-0.1, -0.05) is 24.1 Å². The summed E-state index contributed by atoms with van der Waals surface area (Å²) < 4.78 is 0. The maximum absolute atomic E-state index is 6.07. The summed E-state index contributed by atoms with van der Waals surface area (Å²) in [6.45, 7) is 0. The lowest BCUT2D eigenvalue weighted by Crippen LogP contribution is -2.31. The van der Waals surface area contributed by atoms with Crippen LogP contribution in [0.4, 0.5) is 5.69 Å². The third-order valence-corrected chi connectivity index (χ3v) is 5.28. The molecule has 2 bridgehead atoms. The highest BCUT2D eigenvalue weighted by molar-refractivity contribution is 6.30. The van der Waals surface area contributed by atoms with Crippen molar-refractivity contribution >= 4 is 17.3 Å². The molecule has 5 N–H and O–H groups in total. The van der Waals surface area contributed by atoms with E-state index in [1.165, 1.54) is 25.7 Å². The highest BCUT2D eigenvalue weighted by Gasteiger charge is 2.40. The molecule has 0 saturated heterocycles. The van der Waals surface area contributed by atoms with Gasteiger partial charge in [-0.15, -0.1) is 0 Å². The maximum atomic E-state index is 6.07. The predicted octanol–water partition coefficient (Wildman–Crippen LogP) is 3.25. The van der Waals surface area contributed by atoms with Gasteiger partial charge < -0.3 is 5.73 Å². The van der Waals surface area contributed by atoms with Gasteiger partial charge in [0.15, 0.2) is 0 Å². The van der Waals surface area contributed by atoms with Gasteiger partial charge in [0, 0.05) is 16.8 Å². The normalized spacial score (nSPS) is 30.7. The van der Waals surface area contributed by atoms with E-state index in [-0.39, 0.29) is 6.04 Å². The van der Waals surface area contributed by atoms with Crippen LogP contribution in [0.25, 0.3) is 0 Å². The summed E-state index contributed by atoms with van der Waals surface area (Å²) in [5.41, 5.74) is 10.8. The molecule has 0 amide bonds. The summed E-state index contributed by atoms with van der Waals surface area (Å²) in [6, 6.07) is 5.83. The van der Waals surface area contributed by atoms with Gasteiger partial charge >= 0.3 is 0 Å². The largest absolute Gasteiger partial charge is 0.398 e. The number of nitrogen functional groups attached to an aromatic ring is 1. The fourth-order valence-electron chi connectivity index (χ4n) is 4.12. The quantitative estimate of drug-likeness (QED) is 0.450. The van der Waals surface area contributed by atoms with Gasteiger partial charge in [0.05, 0.1) is 0 Å². The Morgan fingerprint density at radius 2 is 2.16 bits per heavy atom. The van der Waals surface area contributed by atoms with Crippen LogP contribution < -0.4 is 17.0 Å². The van der Waals surface area contributed by atoms with Gasteiger partial charge in [-0.3, -0.25) is 11.3 Å². The first-order valence-electron chi connectivity index (χ1n) is 7.18. The molecule has 0 spiro atoms. The maximum Gasteiger partial charge on any atom is 0.0483 e. The number of nitrogens with two attached hydrogens (primary N) is 2. The molecule has 0 aromatic heterocycles. The molecule has 2 fully saturated rings. The molecule has 1 aromatic rings. The van der Waals surface area contributed by atoms with Crippen LogP contribution in [-0.4, -0.2) is 0 Å². The Hall–Kier alpha value is -0.770. The molecule has 0 radical (unpaired) electrons. The van der Waals surface area contributed by atoms with Crippen LogP contribution in [-0.2, 0) is 0 Å². The topological polar surface area (TPSA) is 64.1 Å². The van der Waals surface area contributed by atoms with E-state index in [1.54, 1.807) is 0 Å². The number of hydrazine groups is 1. The van der Waals surface area contributed by atoms with E-state index in [9.17, 15) is 0 Å². The standard InChI is InChI=1S/C15H22ClN3/c16-12-3-4-13(14(17)8-12)15(19-18)7-11-6-9-1-2-10(11)5-9/h3-4,8-11,15,19H,1-2,5-7,17-18H2. The minimum Gasteiger partial charge on any atom is -0.398 e. The van der Waals surface area contributed by atoms with Crippen LogP contribution in [0, 0.1) is 17.8 Å². The summed E-state index contributed by atoms with van der Waals surface area (Å²) in [7, 11) is 0. The van der Waals surface area contributed by atoms with Crippen molar-refractivity contribution in [3.05, 3.63) is 28.8 Å². The second-order valence-corrected chi connectivity index (χ2v) is 6.60. The van der Waals surface area contributed by atoms with Crippen molar-refractivity contribution in [2.75, 3.05) is 5.73 Å². The summed E-state index contributed by atoms with van der Waals surface area (Å²) in [5.74, 6) is 8.43. The highest BCUT2D eigenvalue weighted by Crippen LogP contribution is 2.51. The zero-order valence-electron chi connectivity index (χ0n) is 11.1. The van der Waals surface area contributed by atoms with E-state index in [4.69, 9.17) is 23.2 Å². The Kier molecular flexibility index (Phi) is 3.70. The molecule has 2 aliphatic carbocycles. The van der Waals surface area contributed by atoms with Crippen molar-refractivity contribution in [3.63, 3.8) is 0 Å². The Balaban J connectivity index is 1.73. The smallest absolute Gasteiger partial charge is 0.0483 e. The number of hydrogen-bond donors (Lipinski definition) is 3. The number of fused-ring (bicyclic) bond motifs is 2. The zero-order valence-corrected chi connectivity index (χ0v) is 11.9. The molecule has 0 aliphatic heterocycles. The van der Waals surface area contributed by atoms with Gasteiger partial charge in [0.25, 0.3) is 0 Å². The molecule has 4 unspecified atom stereocenters. The first-order chi connectivity index (χ1) is 9.17. The summed E-state index contributed by atoms with van der Waals surface area (Å²) >= 11 is 5.95. The van der Waals surface area contributed by atoms with Crippen molar-refractivity contribution in [2.24, 2.45) is 23.6 Å². The minimum atomic E-state index is 0.140. The van der Waals surface area contributed by atoms with Crippen LogP contribution in [0.3, 0.4) is 0 Å². The Labute approximate surface area is 119 Å². The third kappa shape index (κ3) is 2.60. The number of anilines is 1. The lowest BCUT2D eigenvalue weighted by atomic mass is 9.82. The van der Waals surface area contributed by atoms with E-state index in [1.807, 2.05) is 18.2 Å². The van der Waals surface area contributed by atoms with Crippen molar-refractivity contribution in [3.8, 4) is 0 Å². The van der Waals surface area contributed by atoms with Crippen molar-refractivity contribution in [1.29, 1.82) is 0 Å². The number of nitrogens with one attached hydrogen (secondary N) is 1. The monoisotopic (exact) mass is 279 g/mol. The summed E-state index contributed by atoms with van der Waals surface area (Å²) in [5, 5.41) is 0.678. The fraction of sp³-hybridized carbons (Fsp3) is 0.600. The molecular weight excluding hydrogens is 258 g/mol. The lowest BCUT2D eigenvalue weighted by molar-refractivity contribution is 0.280. The molecule has 19 heavy (non-hydrogen) atoms. The van der Waals surface area contributed by atoms with Gasteiger partial charge in [0.1, 0.15) is 0 Å². The van der Waals surface area contributed by atoms with E-state index >= 15 is 0 Å². The Bertz CT molecular complexity index is 463. The number of halogens is 1. The second kappa shape index (κ2) is 5.31. The Morgan fingerprint density at radius 3 is 2.74 bits per heavy atom. The average Bonchev–Trinajstić information content (AvgIpc) is 2.99. The molecular formula is C15H22ClN3. The van der Waals surface area contributed by atoms with Crippen LogP contribution in [0.5, 0.6) is 0 Å². The van der Waals surface area contributed by atoms with Gasteiger partial charge in [-0.2, -0.15) is 0 Å². The van der Waals surface area contributed by atoms with Crippen LogP contribution in [0.1, 0.15) is 43.7 Å². The van der Waals surface area contributed by atoms with E-state index in [0.29, 0.717) is 5.02 Å². The first kappa shape index (κ1) is 13.2. The van der Waals surface area contributed by atoms with Crippen LogP contribution in [0.15, 0.2) is 18.2 Å². The molecule has 4 atom stereocenters. The van der Waals surface area contributed by atoms with E-state index in [0.717, 1.165) is 35.4 Å². The fourth-order valence-corrected chi connectivity index (χ4v) is 4.30. The van der Waals surface area contributed by atoms with Crippen molar-refractivity contribution in [1.82, 2.24) is 5.43 Å². The molecule has 3 rings (SSSR count). The number of hydrogen-bond acceptors (Lipinski definition) is 3. The third-order valence-electron chi connectivity index (χ3n) is 5.05. The van der Waals surface area contributed by atoms with Gasteiger partial charge in [0.2, 0.25) is 0 Å². The molecule has 0 heterocycles. The van der Waals surface area contributed by atoms with E-state index in [2.05, 4.69) is 5.43 Å². The molecule has 3 nitrogen and oxygen atoms in total. The first-order valence-corrected chi connectivity index (χ1v) is 7.56. The molecule has 4 heteroatoms. The predicted molar refractivity (Wildman–Crippen MR) is 79.5 cm³/mol. The van der Waals surface area contributed by atoms with Crippen molar-refractivity contribution < 1.29 is 0 Å². The number of rotatable bonds is 4. The summed E-state index contributed by atoms with van der Waals surface area (Å²) in [6.07, 6.45) is 6.73. The number of benzene rings is 1. The summed E-state index contributed by atoms with van der Waals surface area (Å²) in [4.78, 5) is 0. The van der Waals surface area contributed by atoms with Crippen LogP contribution in [0.2, 0.25) is 5.02 Å². The molecule has 1 aromatic carbocycles.